The third kappa shape index (κ3) is 4.54. The Hall–Kier alpha value is -1.67. The lowest BCUT2D eigenvalue weighted by Gasteiger charge is -2.21. The monoisotopic (exact) mass is 381 g/mol. The largest absolute Gasteiger partial charge is 0.354 e. The molecule has 7 nitrogen and oxygen atoms in total. The highest BCUT2D eigenvalue weighted by Gasteiger charge is 2.27. The minimum absolute atomic E-state index is 0.0686. The Labute approximate surface area is 154 Å². The number of nitrogens with zero attached hydrogens (tertiary/aromatic N) is 2. The first-order valence-electron chi connectivity index (χ1n) is 9.44. The fourth-order valence-electron chi connectivity index (χ4n) is 3.72. The van der Waals surface area contributed by atoms with Crippen LogP contribution in [-0.4, -0.2) is 42.8 Å². The number of nitrogens with one attached hydrogen (secondary N) is 1. The summed E-state index contributed by atoms with van der Waals surface area (Å²) in [5.74, 6) is 0.250. The molecule has 2 heterocycles. The van der Waals surface area contributed by atoms with Gasteiger partial charge in [-0.05, 0) is 37.7 Å². The van der Waals surface area contributed by atoms with Crippen molar-refractivity contribution in [3.05, 3.63) is 28.7 Å². The summed E-state index contributed by atoms with van der Waals surface area (Å²) in [5.41, 5.74) is -0.377. The van der Waals surface area contributed by atoms with Gasteiger partial charge in [-0.3, -0.25) is 9.59 Å². The van der Waals surface area contributed by atoms with Crippen LogP contribution in [0.1, 0.15) is 44.9 Å². The highest BCUT2D eigenvalue weighted by atomic mass is 32.2. The first-order valence-corrected chi connectivity index (χ1v) is 10.9. The average molecular weight is 381 g/mol. The summed E-state index contributed by atoms with van der Waals surface area (Å²) in [6.07, 6.45) is 8.92. The summed E-state index contributed by atoms with van der Waals surface area (Å²) in [5, 5.41) is 2.88. The van der Waals surface area contributed by atoms with Gasteiger partial charge in [0.05, 0.1) is 4.90 Å². The SMILES string of the molecule is O=C(Cn1cc(S(=O)(=O)N2CCCC2)ccc1=O)NCC1CCCCC1. The van der Waals surface area contributed by atoms with Crippen molar-refractivity contribution in [3.8, 4) is 0 Å². The second-order valence-corrected chi connectivity index (χ2v) is 9.19. The van der Waals surface area contributed by atoms with Gasteiger partial charge in [-0.1, -0.05) is 19.3 Å². The Morgan fingerprint density at radius 1 is 1.08 bits per heavy atom. The Morgan fingerprint density at radius 3 is 2.46 bits per heavy atom. The molecule has 0 spiro atoms. The fourth-order valence-corrected chi connectivity index (χ4v) is 5.26. The first-order chi connectivity index (χ1) is 12.5. The van der Waals surface area contributed by atoms with E-state index in [-0.39, 0.29) is 22.9 Å². The summed E-state index contributed by atoms with van der Waals surface area (Å²) in [6.45, 7) is 1.47. The molecule has 2 fully saturated rings. The zero-order valence-electron chi connectivity index (χ0n) is 15.0. The number of hydrogen-bond donors (Lipinski definition) is 1. The lowest BCUT2D eigenvalue weighted by Crippen LogP contribution is -2.36. The zero-order valence-corrected chi connectivity index (χ0v) is 15.8. The summed E-state index contributed by atoms with van der Waals surface area (Å²) in [6, 6.07) is 2.55. The Morgan fingerprint density at radius 2 is 1.77 bits per heavy atom. The van der Waals surface area contributed by atoms with Crippen LogP contribution in [0.4, 0.5) is 0 Å². The summed E-state index contributed by atoms with van der Waals surface area (Å²) < 4.78 is 27.9. The molecule has 1 saturated heterocycles. The standard InChI is InChI=1S/C18H27N3O4S/c22-17(19-12-15-6-2-1-3-7-15)14-20-13-16(8-9-18(20)23)26(24,25)21-10-4-5-11-21/h8-9,13,15H,1-7,10-12,14H2,(H,19,22). The maximum atomic E-state index is 12.6. The predicted molar refractivity (Wildman–Crippen MR) is 98.3 cm³/mol. The van der Waals surface area contributed by atoms with E-state index in [0.29, 0.717) is 25.6 Å². The minimum Gasteiger partial charge on any atom is -0.354 e. The van der Waals surface area contributed by atoms with E-state index in [0.717, 1.165) is 25.7 Å². The Balaban J connectivity index is 1.65. The molecule has 0 unspecified atom stereocenters. The molecule has 0 atom stereocenters. The molecule has 0 bridgehead atoms. The smallest absolute Gasteiger partial charge is 0.251 e. The Bertz CT molecular complexity index is 791. The van der Waals surface area contributed by atoms with E-state index in [1.807, 2.05) is 0 Å². The molecule has 1 aromatic heterocycles. The highest BCUT2D eigenvalue weighted by molar-refractivity contribution is 7.89. The molecule has 1 aliphatic heterocycles. The molecular formula is C18H27N3O4S. The van der Waals surface area contributed by atoms with Gasteiger partial charge in [0, 0.05) is 31.9 Å². The number of aromatic nitrogens is 1. The summed E-state index contributed by atoms with van der Waals surface area (Å²) >= 11 is 0. The quantitative estimate of drug-likeness (QED) is 0.805. The molecule has 144 valence electrons. The van der Waals surface area contributed by atoms with Gasteiger partial charge in [0.1, 0.15) is 6.54 Å². The van der Waals surface area contributed by atoms with Gasteiger partial charge in [0.25, 0.3) is 5.56 Å². The van der Waals surface area contributed by atoms with Crippen molar-refractivity contribution in [2.75, 3.05) is 19.6 Å². The highest BCUT2D eigenvalue weighted by Crippen LogP contribution is 2.23. The van der Waals surface area contributed by atoms with Crippen molar-refractivity contribution in [2.45, 2.75) is 56.4 Å². The van der Waals surface area contributed by atoms with Crippen LogP contribution in [0.5, 0.6) is 0 Å². The van der Waals surface area contributed by atoms with E-state index in [9.17, 15) is 18.0 Å². The zero-order chi connectivity index (χ0) is 18.6. The molecule has 1 saturated carbocycles. The van der Waals surface area contributed by atoms with E-state index in [1.54, 1.807) is 0 Å². The number of amides is 1. The van der Waals surface area contributed by atoms with Crippen LogP contribution in [0.2, 0.25) is 0 Å². The number of pyridine rings is 1. The molecule has 1 N–H and O–H groups in total. The molecular weight excluding hydrogens is 354 g/mol. The number of carbonyl (C=O) groups excluding carboxylic acids is 1. The van der Waals surface area contributed by atoms with Crippen LogP contribution in [0.15, 0.2) is 28.0 Å². The van der Waals surface area contributed by atoms with E-state index >= 15 is 0 Å². The normalized spacial score (nSPS) is 19.5. The van der Waals surface area contributed by atoms with Crippen molar-refractivity contribution in [2.24, 2.45) is 5.92 Å². The third-order valence-electron chi connectivity index (χ3n) is 5.29. The van der Waals surface area contributed by atoms with Crippen molar-refractivity contribution in [1.29, 1.82) is 0 Å². The second-order valence-electron chi connectivity index (χ2n) is 7.25. The summed E-state index contributed by atoms with van der Waals surface area (Å²) in [4.78, 5) is 24.3. The van der Waals surface area contributed by atoms with Gasteiger partial charge in [0.15, 0.2) is 0 Å². The third-order valence-corrected chi connectivity index (χ3v) is 7.17. The van der Waals surface area contributed by atoms with Crippen molar-refractivity contribution >= 4 is 15.9 Å². The van der Waals surface area contributed by atoms with Crippen LogP contribution < -0.4 is 10.9 Å². The lowest BCUT2D eigenvalue weighted by molar-refractivity contribution is -0.121. The van der Waals surface area contributed by atoms with Gasteiger partial charge >= 0.3 is 0 Å². The molecule has 1 aliphatic carbocycles. The number of hydrogen-bond acceptors (Lipinski definition) is 4. The van der Waals surface area contributed by atoms with Gasteiger partial charge in [-0.2, -0.15) is 4.31 Å². The second kappa shape index (κ2) is 8.35. The lowest BCUT2D eigenvalue weighted by atomic mass is 9.89. The molecule has 1 amide bonds. The fraction of sp³-hybridized carbons (Fsp3) is 0.667. The molecule has 26 heavy (non-hydrogen) atoms. The number of sulfonamides is 1. The van der Waals surface area contributed by atoms with Crippen LogP contribution >= 0.6 is 0 Å². The topological polar surface area (TPSA) is 88.5 Å². The average Bonchev–Trinajstić information content (AvgIpc) is 3.18. The van der Waals surface area contributed by atoms with Gasteiger partial charge in [0.2, 0.25) is 15.9 Å². The van der Waals surface area contributed by atoms with Crippen molar-refractivity contribution < 1.29 is 13.2 Å². The van der Waals surface area contributed by atoms with Crippen molar-refractivity contribution in [3.63, 3.8) is 0 Å². The van der Waals surface area contributed by atoms with Gasteiger partial charge in [-0.25, -0.2) is 8.42 Å². The molecule has 2 aliphatic rings. The van der Waals surface area contributed by atoms with E-state index in [4.69, 9.17) is 0 Å². The van der Waals surface area contributed by atoms with Crippen LogP contribution in [-0.2, 0) is 21.4 Å². The van der Waals surface area contributed by atoms with E-state index < -0.39 is 10.0 Å². The van der Waals surface area contributed by atoms with Crippen molar-refractivity contribution in [1.82, 2.24) is 14.2 Å². The first kappa shape index (κ1) is 19.1. The van der Waals surface area contributed by atoms with Crippen LogP contribution in [0.3, 0.4) is 0 Å². The predicted octanol–water partition coefficient (Wildman–Crippen LogP) is 1.33. The molecule has 3 rings (SSSR count). The van der Waals surface area contributed by atoms with Crippen LogP contribution in [0, 0.1) is 5.92 Å². The Kier molecular flexibility index (Phi) is 6.13. The van der Waals surface area contributed by atoms with Gasteiger partial charge < -0.3 is 9.88 Å². The maximum Gasteiger partial charge on any atom is 0.251 e. The number of rotatable bonds is 6. The van der Waals surface area contributed by atoms with Gasteiger partial charge in [-0.15, -0.1) is 0 Å². The molecule has 0 radical (unpaired) electrons. The van der Waals surface area contributed by atoms with E-state index in [2.05, 4.69) is 5.32 Å². The summed E-state index contributed by atoms with van der Waals surface area (Å²) in [7, 11) is -3.60. The molecule has 0 aromatic carbocycles. The van der Waals surface area contributed by atoms with E-state index in [1.165, 1.54) is 46.5 Å². The van der Waals surface area contributed by atoms with Crippen LogP contribution in [0.25, 0.3) is 0 Å². The molecule has 8 heteroatoms. The molecule has 1 aromatic rings. The maximum absolute atomic E-state index is 12.6. The number of carbonyl (C=O) groups is 1. The minimum atomic E-state index is -3.60.